The molecule has 3 aromatic rings. The topological polar surface area (TPSA) is 139 Å². The summed E-state index contributed by atoms with van der Waals surface area (Å²) in [5.41, 5.74) is 7.83. The van der Waals surface area contributed by atoms with Crippen LogP contribution in [0.2, 0.25) is 0 Å². The number of hydrogen-bond acceptors (Lipinski definition) is 8. The minimum Gasteiger partial charge on any atom is -0.493 e. The first kappa shape index (κ1) is 28.8. The zero-order valence-electron chi connectivity index (χ0n) is 22.5. The van der Waals surface area contributed by atoms with E-state index in [1.165, 1.54) is 7.11 Å². The van der Waals surface area contributed by atoms with Crippen LogP contribution in [0, 0.1) is 11.3 Å². The van der Waals surface area contributed by atoms with Crippen molar-refractivity contribution < 1.29 is 24.5 Å². The standard InChI is InChI=1S/C30H35N3O5/c1-19(34)18-38-26-11-10-22(14-27(26)37-5)25(35)12-13-30(4,36)28-16-23(29(2,3)32)15-24(33-28)21-8-6-20(17-31)7-9-21/h6-11,14-16,19,34,36H,12-13,18,32H2,1-5H3/t19-,30?/m1/s1. The number of ketones is 1. The summed E-state index contributed by atoms with van der Waals surface area (Å²) in [4.78, 5) is 17.7. The average Bonchev–Trinajstić information content (AvgIpc) is 2.89. The van der Waals surface area contributed by atoms with Crippen molar-refractivity contribution in [3.05, 3.63) is 77.0 Å². The van der Waals surface area contributed by atoms with E-state index in [0.717, 1.165) is 11.1 Å². The summed E-state index contributed by atoms with van der Waals surface area (Å²) in [6.07, 6.45) is -0.450. The first-order chi connectivity index (χ1) is 17.8. The molecule has 0 bridgehead atoms. The van der Waals surface area contributed by atoms with Gasteiger partial charge in [0, 0.05) is 23.1 Å². The van der Waals surface area contributed by atoms with Gasteiger partial charge in [-0.15, -0.1) is 0 Å². The van der Waals surface area contributed by atoms with Crippen LogP contribution in [0.4, 0.5) is 0 Å². The molecule has 4 N–H and O–H groups in total. The third-order valence-electron chi connectivity index (χ3n) is 6.24. The lowest BCUT2D eigenvalue weighted by Gasteiger charge is -2.27. The van der Waals surface area contributed by atoms with Gasteiger partial charge in [-0.1, -0.05) is 12.1 Å². The number of carbonyl (C=O) groups is 1. The van der Waals surface area contributed by atoms with Gasteiger partial charge in [0.2, 0.25) is 0 Å². The van der Waals surface area contributed by atoms with E-state index in [2.05, 4.69) is 6.07 Å². The van der Waals surface area contributed by atoms with E-state index in [1.807, 2.05) is 19.9 Å². The highest BCUT2D eigenvalue weighted by Gasteiger charge is 2.29. The number of ether oxygens (including phenoxy) is 2. The fourth-order valence-corrected chi connectivity index (χ4v) is 3.84. The SMILES string of the molecule is COc1cc(C(=O)CCC(C)(O)c2cc(C(C)(C)N)cc(-c3ccc(C#N)cc3)n2)ccc1OC[C@@H](C)O. The van der Waals surface area contributed by atoms with Gasteiger partial charge in [0.05, 0.1) is 36.2 Å². The number of aliphatic hydroxyl groups excluding tert-OH is 1. The molecule has 3 rings (SSSR count). The molecule has 2 aromatic carbocycles. The molecule has 0 aliphatic carbocycles. The number of aromatic nitrogens is 1. The number of aliphatic hydroxyl groups is 2. The second-order valence-electron chi connectivity index (χ2n) is 10.3. The van der Waals surface area contributed by atoms with Crippen LogP contribution in [0.15, 0.2) is 54.6 Å². The van der Waals surface area contributed by atoms with Crippen LogP contribution in [-0.2, 0) is 11.1 Å². The number of nitriles is 1. The number of nitrogens with zero attached hydrogens (tertiary/aromatic N) is 2. The maximum Gasteiger partial charge on any atom is 0.163 e. The van der Waals surface area contributed by atoms with Crippen LogP contribution in [-0.4, -0.2) is 40.8 Å². The van der Waals surface area contributed by atoms with Gasteiger partial charge >= 0.3 is 0 Å². The molecule has 1 aromatic heterocycles. The Labute approximate surface area is 223 Å². The molecule has 0 fully saturated rings. The van der Waals surface area contributed by atoms with Gasteiger partial charge in [-0.05, 0) is 82.1 Å². The summed E-state index contributed by atoms with van der Waals surface area (Å²) in [5.74, 6) is 0.640. The molecule has 1 heterocycles. The van der Waals surface area contributed by atoms with Crippen LogP contribution in [0.5, 0.6) is 11.5 Å². The molecule has 8 nitrogen and oxygen atoms in total. The zero-order valence-corrected chi connectivity index (χ0v) is 22.5. The molecule has 0 amide bonds. The van der Waals surface area contributed by atoms with Gasteiger partial charge < -0.3 is 25.4 Å². The second kappa shape index (κ2) is 11.7. The summed E-state index contributed by atoms with van der Waals surface area (Å²) in [7, 11) is 1.48. The van der Waals surface area contributed by atoms with E-state index in [0.29, 0.717) is 34.0 Å². The lowest BCUT2D eigenvalue weighted by Crippen LogP contribution is -2.31. The van der Waals surface area contributed by atoms with Crippen molar-refractivity contribution in [3.63, 3.8) is 0 Å². The average molecular weight is 518 g/mol. The molecule has 1 unspecified atom stereocenters. The van der Waals surface area contributed by atoms with Crippen molar-refractivity contribution >= 4 is 5.78 Å². The minimum absolute atomic E-state index is 0.0636. The van der Waals surface area contributed by atoms with E-state index in [1.54, 1.807) is 62.4 Å². The summed E-state index contributed by atoms with van der Waals surface area (Å²) < 4.78 is 10.9. The number of nitrogens with two attached hydrogens (primary N) is 1. The highest BCUT2D eigenvalue weighted by atomic mass is 16.5. The lowest BCUT2D eigenvalue weighted by molar-refractivity contribution is 0.0396. The molecular weight excluding hydrogens is 482 g/mol. The van der Waals surface area contributed by atoms with Crippen molar-refractivity contribution in [1.82, 2.24) is 4.98 Å². The number of hydrogen-bond donors (Lipinski definition) is 3. The predicted octanol–water partition coefficient (Wildman–Crippen LogP) is 4.45. The summed E-state index contributed by atoms with van der Waals surface area (Å²) in [6.45, 7) is 7.08. The van der Waals surface area contributed by atoms with Gasteiger partial charge in [-0.2, -0.15) is 5.26 Å². The van der Waals surface area contributed by atoms with E-state index in [-0.39, 0.29) is 25.2 Å². The monoisotopic (exact) mass is 517 g/mol. The Balaban J connectivity index is 1.85. The van der Waals surface area contributed by atoms with Crippen molar-refractivity contribution in [2.24, 2.45) is 5.73 Å². The number of rotatable bonds is 11. The highest BCUT2D eigenvalue weighted by Crippen LogP contribution is 2.33. The molecule has 38 heavy (non-hydrogen) atoms. The van der Waals surface area contributed by atoms with Crippen LogP contribution in [0.3, 0.4) is 0 Å². The van der Waals surface area contributed by atoms with Crippen LogP contribution < -0.4 is 15.2 Å². The second-order valence-corrected chi connectivity index (χ2v) is 10.3. The lowest BCUT2D eigenvalue weighted by atomic mass is 9.88. The van der Waals surface area contributed by atoms with Crippen LogP contribution in [0.1, 0.15) is 67.7 Å². The number of pyridine rings is 1. The van der Waals surface area contributed by atoms with E-state index < -0.39 is 17.2 Å². The van der Waals surface area contributed by atoms with Crippen LogP contribution >= 0.6 is 0 Å². The Morgan fingerprint density at radius 3 is 2.37 bits per heavy atom. The van der Waals surface area contributed by atoms with E-state index >= 15 is 0 Å². The van der Waals surface area contributed by atoms with Crippen molar-refractivity contribution in [2.75, 3.05) is 13.7 Å². The third kappa shape index (κ3) is 7.17. The molecule has 2 atom stereocenters. The fraction of sp³-hybridized carbons (Fsp3) is 0.367. The molecule has 0 aliphatic heterocycles. The molecule has 8 heteroatoms. The number of carbonyl (C=O) groups excluding carboxylic acids is 1. The molecule has 200 valence electrons. The molecular formula is C30H35N3O5. The Morgan fingerprint density at radius 2 is 1.79 bits per heavy atom. The fourth-order valence-electron chi connectivity index (χ4n) is 3.84. The smallest absolute Gasteiger partial charge is 0.163 e. The minimum atomic E-state index is -1.41. The maximum absolute atomic E-state index is 13.0. The highest BCUT2D eigenvalue weighted by molar-refractivity contribution is 5.96. The zero-order chi connectivity index (χ0) is 28.1. The molecule has 0 aliphatic rings. The van der Waals surface area contributed by atoms with Gasteiger partial charge in [-0.25, -0.2) is 4.98 Å². The first-order valence-corrected chi connectivity index (χ1v) is 12.4. The van der Waals surface area contributed by atoms with Gasteiger partial charge in [0.25, 0.3) is 0 Å². The number of Topliss-reactive ketones (excluding diaryl/α,β-unsaturated/α-hetero) is 1. The maximum atomic E-state index is 13.0. The first-order valence-electron chi connectivity index (χ1n) is 12.4. The van der Waals surface area contributed by atoms with Gasteiger partial charge in [-0.3, -0.25) is 4.79 Å². The largest absolute Gasteiger partial charge is 0.493 e. The Kier molecular flexibility index (Phi) is 8.89. The van der Waals surface area contributed by atoms with Crippen LogP contribution in [0.25, 0.3) is 11.3 Å². The van der Waals surface area contributed by atoms with E-state index in [9.17, 15) is 15.0 Å². The quantitative estimate of drug-likeness (QED) is 0.317. The number of methoxy groups -OCH3 is 1. The predicted molar refractivity (Wildman–Crippen MR) is 145 cm³/mol. The van der Waals surface area contributed by atoms with Gasteiger partial charge in [0.15, 0.2) is 17.3 Å². The number of benzene rings is 2. The Morgan fingerprint density at radius 1 is 1.11 bits per heavy atom. The van der Waals surface area contributed by atoms with Gasteiger partial charge in [0.1, 0.15) is 12.2 Å². The van der Waals surface area contributed by atoms with Crippen molar-refractivity contribution in [3.8, 4) is 28.8 Å². The molecule has 0 radical (unpaired) electrons. The Hall–Kier alpha value is -3.77. The molecule has 0 spiro atoms. The molecule has 0 saturated heterocycles. The molecule has 0 saturated carbocycles. The van der Waals surface area contributed by atoms with Crippen molar-refractivity contribution in [1.29, 1.82) is 5.26 Å². The van der Waals surface area contributed by atoms with E-state index in [4.69, 9.17) is 25.5 Å². The summed E-state index contributed by atoms with van der Waals surface area (Å²) in [6, 6.07) is 17.6. The normalized spacial score (nSPS) is 13.8. The van der Waals surface area contributed by atoms with Crippen molar-refractivity contribution in [2.45, 2.75) is 57.8 Å². The Bertz CT molecular complexity index is 1320. The third-order valence-corrected chi connectivity index (χ3v) is 6.24. The summed E-state index contributed by atoms with van der Waals surface area (Å²) in [5, 5.41) is 30.0. The summed E-state index contributed by atoms with van der Waals surface area (Å²) >= 11 is 0.